The van der Waals surface area contributed by atoms with E-state index in [1.54, 1.807) is 0 Å². The normalized spacial score (nSPS) is 12.3. The van der Waals surface area contributed by atoms with Gasteiger partial charge in [-0.3, -0.25) is 4.40 Å². The highest BCUT2D eigenvalue weighted by Crippen LogP contribution is 2.47. The molecule has 0 spiro atoms. The van der Waals surface area contributed by atoms with Crippen molar-refractivity contribution < 1.29 is 0 Å². The van der Waals surface area contributed by atoms with E-state index in [4.69, 9.17) is 11.6 Å². The second-order valence-electron chi connectivity index (χ2n) is 8.06. The van der Waals surface area contributed by atoms with Gasteiger partial charge in [0.2, 0.25) is 0 Å². The Bertz CT molecular complexity index is 1750. The molecular formula is C27H16ClNS. The van der Waals surface area contributed by atoms with E-state index in [2.05, 4.69) is 84.1 Å². The van der Waals surface area contributed by atoms with Crippen molar-refractivity contribution >= 4 is 70.4 Å². The number of halogens is 1. The van der Waals surface area contributed by atoms with E-state index in [0.717, 1.165) is 5.02 Å². The fourth-order valence-electron chi connectivity index (χ4n) is 4.94. The van der Waals surface area contributed by atoms with Gasteiger partial charge in [-0.05, 0) is 54.4 Å². The average Bonchev–Trinajstić information content (AvgIpc) is 3.38. The van der Waals surface area contributed by atoms with Crippen LogP contribution in [-0.4, -0.2) is 4.40 Å². The molecule has 30 heavy (non-hydrogen) atoms. The number of aryl methyl sites for hydroxylation is 1. The number of benzene rings is 4. The fourth-order valence-corrected chi connectivity index (χ4v) is 6.45. The van der Waals surface area contributed by atoms with Gasteiger partial charge in [-0.25, -0.2) is 0 Å². The molecule has 0 amide bonds. The van der Waals surface area contributed by atoms with Crippen LogP contribution in [0.15, 0.2) is 78.9 Å². The molecule has 4 aromatic carbocycles. The van der Waals surface area contributed by atoms with E-state index in [0.29, 0.717) is 0 Å². The Balaban J connectivity index is 1.78. The molecule has 142 valence electrons. The van der Waals surface area contributed by atoms with Crippen LogP contribution in [0.4, 0.5) is 0 Å². The van der Waals surface area contributed by atoms with Gasteiger partial charge in [0.15, 0.2) is 0 Å². The van der Waals surface area contributed by atoms with E-state index in [9.17, 15) is 0 Å². The van der Waals surface area contributed by atoms with Gasteiger partial charge < -0.3 is 0 Å². The molecule has 0 fully saturated rings. The van der Waals surface area contributed by atoms with Gasteiger partial charge in [-0.1, -0.05) is 59.6 Å². The zero-order chi connectivity index (χ0) is 20.0. The van der Waals surface area contributed by atoms with E-state index in [1.165, 1.54) is 64.2 Å². The second kappa shape index (κ2) is 5.75. The average molecular weight is 422 g/mol. The summed E-state index contributed by atoms with van der Waals surface area (Å²) in [5.74, 6) is 0. The maximum Gasteiger partial charge on any atom is 0.109 e. The van der Waals surface area contributed by atoms with Crippen molar-refractivity contribution in [2.75, 3.05) is 0 Å². The van der Waals surface area contributed by atoms with Gasteiger partial charge in [0.1, 0.15) is 4.83 Å². The molecule has 0 aliphatic rings. The number of thiophene rings is 1. The number of aromatic nitrogens is 1. The number of hydrogen-bond donors (Lipinski definition) is 0. The first kappa shape index (κ1) is 16.7. The highest BCUT2D eigenvalue weighted by atomic mass is 35.5. The smallest absolute Gasteiger partial charge is 0.109 e. The molecule has 1 nitrogen and oxygen atoms in total. The Morgan fingerprint density at radius 2 is 1.57 bits per heavy atom. The lowest BCUT2D eigenvalue weighted by atomic mass is 9.99. The van der Waals surface area contributed by atoms with Gasteiger partial charge in [-0.15, -0.1) is 11.3 Å². The molecule has 3 heteroatoms. The summed E-state index contributed by atoms with van der Waals surface area (Å²) in [6, 6.07) is 28.5. The molecule has 0 saturated heterocycles. The molecule has 0 saturated carbocycles. The molecule has 7 aromatic rings. The van der Waals surface area contributed by atoms with Crippen molar-refractivity contribution in [3.63, 3.8) is 0 Å². The third-order valence-corrected chi connectivity index (χ3v) is 7.60. The Morgan fingerprint density at radius 3 is 2.43 bits per heavy atom. The summed E-state index contributed by atoms with van der Waals surface area (Å²) in [5, 5.41) is 7.39. The Hall–Kier alpha value is -3.07. The lowest BCUT2D eigenvalue weighted by molar-refractivity contribution is 1.39. The van der Waals surface area contributed by atoms with E-state index in [-0.39, 0.29) is 0 Å². The summed E-state index contributed by atoms with van der Waals surface area (Å²) >= 11 is 8.15. The van der Waals surface area contributed by atoms with Gasteiger partial charge in [-0.2, -0.15) is 0 Å². The summed E-state index contributed by atoms with van der Waals surface area (Å²) in [4.78, 5) is 1.30. The maximum atomic E-state index is 6.32. The Kier molecular flexibility index (Phi) is 3.20. The highest BCUT2D eigenvalue weighted by molar-refractivity contribution is 7.25. The zero-order valence-corrected chi connectivity index (χ0v) is 17.8. The van der Waals surface area contributed by atoms with Crippen LogP contribution in [0.1, 0.15) is 5.56 Å². The van der Waals surface area contributed by atoms with Crippen LogP contribution >= 0.6 is 22.9 Å². The fraction of sp³-hybridized carbons (Fsp3) is 0.0370. The standard InChI is InChI=1S/C27H16ClNS/c1-15-7-10-23-20(11-15)21-12-17(16-5-3-2-4-6-16)13-22-25-19-9-8-18(28)14-24(19)30-27(25)29(23)26(21)22/h2-14H,1H3. The summed E-state index contributed by atoms with van der Waals surface area (Å²) in [7, 11) is 0. The predicted octanol–water partition coefficient (Wildman–Crippen LogP) is 8.68. The molecule has 0 aliphatic carbocycles. The molecule has 0 unspecified atom stereocenters. The summed E-state index contributed by atoms with van der Waals surface area (Å²) in [6.45, 7) is 2.17. The number of nitrogens with zero attached hydrogens (tertiary/aromatic N) is 1. The monoisotopic (exact) mass is 421 g/mol. The number of fused-ring (bicyclic) bond motifs is 8. The molecule has 0 radical (unpaired) electrons. The zero-order valence-electron chi connectivity index (χ0n) is 16.2. The molecule has 3 aromatic heterocycles. The second-order valence-corrected chi connectivity index (χ2v) is 9.53. The maximum absolute atomic E-state index is 6.32. The van der Waals surface area contributed by atoms with Crippen LogP contribution < -0.4 is 0 Å². The minimum Gasteiger partial charge on any atom is -0.299 e. The quantitative estimate of drug-likeness (QED) is 0.249. The Morgan fingerprint density at radius 1 is 0.733 bits per heavy atom. The minimum atomic E-state index is 0.791. The summed E-state index contributed by atoms with van der Waals surface area (Å²) in [5.41, 5.74) is 6.41. The van der Waals surface area contributed by atoms with E-state index >= 15 is 0 Å². The third-order valence-electron chi connectivity index (χ3n) is 6.23. The van der Waals surface area contributed by atoms with Crippen molar-refractivity contribution in [3.05, 3.63) is 89.4 Å². The lowest BCUT2D eigenvalue weighted by Crippen LogP contribution is -1.79. The van der Waals surface area contributed by atoms with Crippen LogP contribution in [-0.2, 0) is 0 Å². The first-order chi connectivity index (χ1) is 14.7. The van der Waals surface area contributed by atoms with Gasteiger partial charge >= 0.3 is 0 Å². The van der Waals surface area contributed by atoms with Gasteiger partial charge in [0.25, 0.3) is 0 Å². The first-order valence-corrected chi connectivity index (χ1v) is 11.3. The van der Waals surface area contributed by atoms with Crippen molar-refractivity contribution in [2.45, 2.75) is 6.92 Å². The number of rotatable bonds is 1. The summed E-state index contributed by atoms with van der Waals surface area (Å²) in [6.07, 6.45) is 0. The highest BCUT2D eigenvalue weighted by Gasteiger charge is 2.22. The molecule has 7 rings (SSSR count). The number of hydrogen-bond acceptors (Lipinski definition) is 1. The van der Waals surface area contributed by atoms with Crippen LogP contribution in [0.25, 0.3) is 58.6 Å². The predicted molar refractivity (Wildman–Crippen MR) is 132 cm³/mol. The molecular weight excluding hydrogens is 406 g/mol. The molecule has 0 bridgehead atoms. The van der Waals surface area contributed by atoms with Crippen molar-refractivity contribution in [1.82, 2.24) is 4.40 Å². The molecule has 0 aliphatic heterocycles. The lowest BCUT2D eigenvalue weighted by Gasteiger charge is -2.04. The van der Waals surface area contributed by atoms with Crippen LogP contribution in [0.3, 0.4) is 0 Å². The molecule has 0 atom stereocenters. The Labute approximate surface area is 182 Å². The SMILES string of the molecule is Cc1ccc2c(c1)c1cc(-c3ccccc3)cc3c4c5ccc(Cl)cc5sc4n2c13. The van der Waals surface area contributed by atoms with Crippen LogP contribution in [0.2, 0.25) is 5.02 Å². The largest absolute Gasteiger partial charge is 0.299 e. The van der Waals surface area contributed by atoms with E-state index < -0.39 is 0 Å². The summed E-state index contributed by atoms with van der Waals surface area (Å²) < 4.78 is 3.70. The van der Waals surface area contributed by atoms with Crippen LogP contribution in [0, 0.1) is 6.92 Å². The van der Waals surface area contributed by atoms with Crippen LogP contribution in [0.5, 0.6) is 0 Å². The van der Waals surface area contributed by atoms with Crippen molar-refractivity contribution in [2.24, 2.45) is 0 Å². The van der Waals surface area contributed by atoms with Crippen molar-refractivity contribution in [1.29, 1.82) is 0 Å². The molecule has 0 N–H and O–H groups in total. The van der Waals surface area contributed by atoms with Gasteiger partial charge in [0, 0.05) is 36.7 Å². The van der Waals surface area contributed by atoms with E-state index in [1.807, 2.05) is 17.4 Å². The molecule has 3 heterocycles. The first-order valence-electron chi connectivity index (χ1n) is 10.1. The topological polar surface area (TPSA) is 4.41 Å². The van der Waals surface area contributed by atoms with Crippen molar-refractivity contribution in [3.8, 4) is 11.1 Å². The third kappa shape index (κ3) is 2.08. The minimum absolute atomic E-state index is 0.791. The van der Waals surface area contributed by atoms with Gasteiger partial charge in [0.05, 0.1) is 11.0 Å².